The molecule has 2 heterocycles. The summed E-state index contributed by atoms with van der Waals surface area (Å²) < 4.78 is 7.41. The number of fused-ring (bicyclic) bond motifs is 3. The predicted molar refractivity (Wildman–Crippen MR) is 127 cm³/mol. The molecule has 7 heteroatoms. The van der Waals surface area contributed by atoms with Crippen LogP contribution in [0.15, 0.2) is 65.3 Å². The molecule has 0 bridgehead atoms. The van der Waals surface area contributed by atoms with Crippen molar-refractivity contribution in [2.24, 2.45) is 0 Å². The van der Waals surface area contributed by atoms with Gasteiger partial charge in [0.1, 0.15) is 6.04 Å². The highest BCUT2D eigenvalue weighted by atomic mass is 32.2. The average Bonchev–Trinajstić information content (AvgIpc) is 3.43. The lowest BCUT2D eigenvalue weighted by atomic mass is 10.1. The number of benzene rings is 2. The van der Waals surface area contributed by atoms with Crippen molar-refractivity contribution in [3.8, 4) is 0 Å². The number of carbonyl (C=O) groups is 2. The van der Waals surface area contributed by atoms with Gasteiger partial charge >= 0.3 is 0 Å². The highest BCUT2D eigenvalue weighted by Gasteiger charge is 2.22. The van der Waals surface area contributed by atoms with Crippen LogP contribution in [0.25, 0.3) is 21.8 Å². The van der Waals surface area contributed by atoms with Crippen molar-refractivity contribution in [1.82, 2.24) is 9.88 Å². The number of hydrogen-bond acceptors (Lipinski definition) is 4. The topological polar surface area (TPSA) is 76.3 Å². The first-order valence-corrected chi connectivity index (χ1v) is 11.7. The van der Waals surface area contributed by atoms with E-state index >= 15 is 0 Å². The first kappa shape index (κ1) is 21.1. The molecular formula is C24H25N3O3S. The van der Waals surface area contributed by atoms with E-state index in [2.05, 4.69) is 34.3 Å². The third kappa shape index (κ3) is 4.32. The quantitative estimate of drug-likeness (QED) is 0.413. The summed E-state index contributed by atoms with van der Waals surface area (Å²) in [4.78, 5) is 25.4. The number of aryl methyl sites for hydroxylation is 1. The number of nitrogens with zero attached hydrogens (tertiary/aromatic N) is 1. The Hall–Kier alpha value is -3.19. The first-order chi connectivity index (χ1) is 15.1. The van der Waals surface area contributed by atoms with Crippen LogP contribution in [-0.4, -0.2) is 34.4 Å². The lowest BCUT2D eigenvalue weighted by molar-refractivity contribution is -0.118. The summed E-state index contributed by atoms with van der Waals surface area (Å²) in [6, 6.07) is 16.8. The summed E-state index contributed by atoms with van der Waals surface area (Å²) in [5.41, 5.74) is 3.01. The lowest BCUT2D eigenvalue weighted by Crippen LogP contribution is -2.44. The second-order valence-electron chi connectivity index (χ2n) is 7.27. The van der Waals surface area contributed by atoms with E-state index in [4.69, 9.17) is 4.42 Å². The van der Waals surface area contributed by atoms with Crippen LogP contribution in [0.4, 0.5) is 5.69 Å². The second-order valence-corrected chi connectivity index (χ2v) is 8.25. The van der Waals surface area contributed by atoms with Gasteiger partial charge in [0.2, 0.25) is 5.91 Å². The molecule has 0 aliphatic heterocycles. The summed E-state index contributed by atoms with van der Waals surface area (Å²) in [5, 5.41) is 8.02. The molecule has 0 saturated carbocycles. The minimum Gasteiger partial charge on any atom is -0.459 e. The Balaban J connectivity index is 1.59. The summed E-state index contributed by atoms with van der Waals surface area (Å²) >= 11 is 1.63. The standard InChI is InChI=1S/C24H25N3O3S/c1-3-27-20-8-5-4-7-17(20)18-15-16(10-11-21(18)27)25-23(28)19(12-14-31-2)26-24(29)22-9-6-13-30-22/h4-11,13,15,19H,3,12,14H2,1-2H3,(H,25,28)(H,26,29). The van der Waals surface area contributed by atoms with E-state index in [1.165, 1.54) is 11.8 Å². The molecule has 0 spiro atoms. The van der Waals surface area contributed by atoms with Crippen molar-refractivity contribution in [2.45, 2.75) is 25.9 Å². The van der Waals surface area contributed by atoms with E-state index in [1.54, 1.807) is 23.9 Å². The number of nitrogens with one attached hydrogen (secondary N) is 2. The number of aromatic nitrogens is 1. The monoisotopic (exact) mass is 435 g/mol. The Morgan fingerprint density at radius 3 is 2.61 bits per heavy atom. The van der Waals surface area contributed by atoms with Crippen LogP contribution in [0.1, 0.15) is 23.9 Å². The molecule has 2 amide bonds. The van der Waals surface area contributed by atoms with E-state index in [-0.39, 0.29) is 11.7 Å². The number of hydrogen-bond donors (Lipinski definition) is 2. The molecule has 1 atom stereocenters. The smallest absolute Gasteiger partial charge is 0.287 e. The molecule has 0 aliphatic carbocycles. The third-order valence-electron chi connectivity index (χ3n) is 5.33. The lowest BCUT2D eigenvalue weighted by Gasteiger charge is -2.17. The zero-order valence-electron chi connectivity index (χ0n) is 17.6. The fraction of sp³-hybridized carbons (Fsp3) is 0.250. The Kier molecular flexibility index (Phi) is 6.32. The van der Waals surface area contributed by atoms with Gasteiger partial charge in [-0.05, 0) is 61.8 Å². The summed E-state index contributed by atoms with van der Waals surface area (Å²) in [6.07, 6.45) is 3.94. The van der Waals surface area contributed by atoms with Gasteiger partial charge in [-0.1, -0.05) is 18.2 Å². The van der Waals surface area contributed by atoms with Gasteiger partial charge in [-0.3, -0.25) is 9.59 Å². The average molecular weight is 436 g/mol. The fourth-order valence-corrected chi connectivity index (χ4v) is 4.31. The molecule has 2 aromatic heterocycles. The van der Waals surface area contributed by atoms with E-state index in [1.807, 2.05) is 36.6 Å². The van der Waals surface area contributed by atoms with E-state index in [9.17, 15) is 9.59 Å². The molecule has 4 aromatic rings. The molecule has 4 rings (SSSR count). The van der Waals surface area contributed by atoms with Crippen LogP contribution in [0.5, 0.6) is 0 Å². The SMILES string of the molecule is CCn1c2ccccc2c2cc(NC(=O)C(CCSC)NC(=O)c3ccco3)ccc21. The number of carbonyl (C=O) groups excluding carboxylic acids is 2. The van der Waals surface area contributed by atoms with E-state index in [0.29, 0.717) is 12.1 Å². The van der Waals surface area contributed by atoms with Crippen LogP contribution >= 0.6 is 11.8 Å². The van der Waals surface area contributed by atoms with Gasteiger partial charge in [0.05, 0.1) is 6.26 Å². The van der Waals surface area contributed by atoms with E-state index < -0.39 is 11.9 Å². The minimum atomic E-state index is -0.655. The number of anilines is 1. The Labute approximate surface area is 185 Å². The van der Waals surface area contributed by atoms with E-state index in [0.717, 1.165) is 28.6 Å². The van der Waals surface area contributed by atoms with Crippen molar-refractivity contribution < 1.29 is 14.0 Å². The normalized spacial score (nSPS) is 12.2. The van der Waals surface area contributed by atoms with Crippen molar-refractivity contribution in [3.05, 3.63) is 66.6 Å². The highest BCUT2D eigenvalue weighted by molar-refractivity contribution is 7.98. The van der Waals surface area contributed by atoms with Crippen LogP contribution in [-0.2, 0) is 11.3 Å². The second kappa shape index (κ2) is 9.31. The largest absolute Gasteiger partial charge is 0.459 e. The van der Waals surface area contributed by atoms with Gasteiger partial charge in [0.25, 0.3) is 5.91 Å². The molecule has 1 unspecified atom stereocenters. The number of para-hydroxylation sites is 1. The van der Waals surface area contributed by atoms with Crippen molar-refractivity contribution in [1.29, 1.82) is 0 Å². The van der Waals surface area contributed by atoms with Crippen LogP contribution in [0, 0.1) is 0 Å². The fourth-order valence-electron chi connectivity index (χ4n) is 3.84. The molecule has 6 nitrogen and oxygen atoms in total. The molecule has 0 radical (unpaired) electrons. The maximum absolute atomic E-state index is 13.0. The van der Waals surface area contributed by atoms with Crippen molar-refractivity contribution in [2.75, 3.05) is 17.3 Å². The molecule has 0 fully saturated rings. The number of amides is 2. The molecule has 0 aliphatic rings. The Bertz CT molecular complexity index is 1210. The van der Waals surface area contributed by atoms with Crippen LogP contribution in [0.2, 0.25) is 0 Å². The number of thioether (sulfide) groups is 1. The summed E-state index contributed by atoms with van der Waals surface area (Å²) in [6.45, 7) is 2.99. The molecule has 0 saturated heterocycles. The molecule has 160 valence electrons. The van der Waals surface area contributed by atoms with Gasteiger partial charge in [0.15, 0.2) is 5.76 Å². The third-order valence-corrected chi connectivity index (χ3v) is 5.98. The molecule has 31 heavy (non-hydrogen) atoms. The van der Waals surface area contributed by atoms with Crippen molar-refractivity contribution in [3.63, 3.8) is 0 Å². The summed E-state index contributed by atoms with van der Waals surface area (Å²) in [5.74, 6) is 0.301. The van der Waals surface area contributed by atoms with Gasteiger partial charge in [-0.2, -0.15) is 11.8 Å². The van der Waals surface area contributed by atoms with Crippen LogP contribution < -0.4 is 10.6 Å². The first-order valence-electron chi connectivity index (χ1n) is 10.3. The van der Waals surface area contributed by atoms with Gasteiger partial charge in [-0.15, -0.1) is 0 Å². The van der Waals surface area contributed by atoms with Gasteiger partial charge in [0, 0.05) is 34.0 Å². The maximum atomic E-state index is 13.0. The minimum absolute atomic E-state index is 0.191. The van der Waals surface area contributed by atoms with Crippen molar-refractivity contribution >= 4 is 51.1 Å². The molecular weight excluding hydrogens is 410 g/mol. The molecule has 2 aromatic carbocycles. The zero-order valence-corrected chi connectivity index (χ0v) is 18.4. The van der Waals surface area contributed by atoms with Gasteiger partial charge in [-0.25, -0.2) is 0 Å². The Morgan fingerprint density at radius 1 is 1.06 bits per heavy atom. The number of furan rings is 1. The highest BCUT2D eigenvalue weighted by Crippen LogP contribution is 2.31. The predicted octanol–water partition coefficient (Wildman–Crippen LogP) is 4.90. The number of rotatable bonds is 8. The zero-order chi connectivity index (χ0) is 21.8. The summed E-state index contributed by atoms with van der Waals surface area (Å²) in [7, 11) is 0. The Morgan fingerprint density at radius 2 is 1.87 bits per heavy atom. The molecule has 2 N–H and O–H groups in total. The van der Waals surface area contributed by atoms with Crippen LogP contribution in [0.3, 0.4) is 0 Å². The van der Waals surface area contributed by atoms with Gasteiger partial charge < -0.3 is 19.6 Å². The maximum Gasteiger partial charge on any atom is 0.287 e.